The van der Waals surface area contributed by atoms with Crippen LogP contribution in [0.15, 0.2) is 60.7 Å². The van der Waals surface area contributed by atoms with Gasteiger partial charge in [-0.15, -0.1) is 0 Å². The highest BCUT2D eigenvalue weighted by atomic mass is 16.2. The first-order chi connectivity index (χ1) is 12.6. The molecule has 2 aliphatic heterocycles. The summed E-state index contributed by atoms with van der Waals surface area (Å²) in [5, 5.41) is 1.27. The molecule has 2 aliphatic rings. The highest BCUT2D eigenvalue weighted by Gasteiger charge is 2.42. The van der Waals surface area contributed by atoms with E-state index in [4.69, 9.17) is 0 Å². The Kier molecular flexibility index (Phi) is 3.23. The van der Waals surface area contributed by atoms with Crippen molar-refractivity contribution in [3.8, 4) is 0 Å². The zero-order valence-corrected chi connectivity index (χ0v) is 14.8. The zero-order valence-electron chi connectivity index (χ0n) is 14.8. The minimum absolute atomic E-state index is 0.106. The number of rotatable bonds is 2. The van der Waals surface area contributed by atoms with Gasteiger partial charge in [0.05, 0.1) is 16.9 Å². The van der Waals surface area contributed by atoms with E-state index in [-0.39, 0.29) is 12.1 Å². The number of amides is 1. The average Bonchev–Trinajstić information content (AvgIpc) is 3.03. The van der Waals surface area contributed by atoms with Crippen molar-refractivity contribution in [3.63, 3.8) is 0 Å². The molecule has 0 bridgehead atoms. The van der Waals surface area contributed by atoms with E-state index in [0.717, 1.165) is 47.5 Å². The van der Waals surface area contributed by atoms with Crippen LogP contribution in [0.5, 0.6) is 0 Å². The molecule has 0 radical (unpaired) electrons. The molecule has 5 rings (SSSR count). The van der Waals surface area contributed by atoms with E-state index in [1.807, 2.05) is 36.1 Å². The number of hydrogen-bond donors (Lipinski definition) is 1. The molecule has 0 spiro atoms. The molecule has 1 N–H and O–H groups in total. The third kappa shape index (κ3) is 2.05. The second-order valence-corrected chi connectivity index (χ2v) is 7.29. The predicted octanol–water partition coefficient (Wildman–Crippen LogP) is 4.26. The van der Waals surface area contributed by atoms with Crippen molar-refractivity contribution in [2.24, 2.45) is 0 Å². The molecule has 4 heteroatoms. The van der Waals surface area contributed by atoms with Crippen LogP contribution in [0.3, 0.4) is 0 Å². The summed E-state index contributed by atoms with van der Waals surface area (Å²) < 4.78 is 0. The van der Waals surface area contributed by atoms with Crippen molar-refractivity contribution in [2.75, 3.05) is 18.0 Å². The van der Waals surface area contributed by atoms with E-state index in [2.05, 4.69) is 40.7 Å². The van der Waals surface area contributed by atoms with Crippen LogP contribution in [0.1, 0.15) is 34.7 Å². The number of anilines is 1. The fraction of sp³-hybridized carbons (Fsp3) is 0.227. The standard InChI is InChI=1S/C22H21N3O/c1-14(2)13-25-19-10-6-4-8-17(19)22(26)24-12-11-16-15-7-3-5-9-18(15)23-20(16)21(24)25/h3-10,21,23H,1,11-13H2,2H3. The molecule has 1 aromatic heterocycles. The van der Waals surface area contributed by atoms with Crippen molar-refractivity contribution in [2.45, 2.75) is 19.5 Å². The Bertz CT molecular complexity index is 1050. The van der Waals surface area contributed by atoms with Gasteiger partial charge in [0.1, 0.15) is 6.17 Å². The number of nitrogens with one attached hydrogen (secondary N) is 1. The smallest absolute Gasteiger partial charge is 0.257 e. The third-order valence-corrected chi connectivity index (χ3v) is 5.44. The quantitative estimate of drug-likeness (QED) is 0.706. The van der Waals surface area contributed by atoms with E-state index in [1.165, 1.54) is 10.9 Å². The fourth-order valence-corrected chi connectivity index (χ4v) is 4.41. The number of aromatic nitrogens is 1. The summed E-state index contributed by atoms with van der Waals surface area (Å²) in [5.74, 6) is 0.118. The molecule has 1 amide bonds. The Hall–Kier alpha value is -3.01. The Morgan fingerprint density at radius 1 is 1.19 bits per heavy atom. The number of aromatic amines is 1. The Morgan fingerprint density at radius 2 is 1.96 bits per heavy atom. The van der Waals surface area contributed by atoms with Gasteiger partial charge < -0.3 is 14.8 Å². The maximum atomic E-state index is 13.2. The maximum absolute atomic E-state index is 13.2. The highest BCUT2D eigenvalue weighted by molar-refractivity contribution is 6.02. The molecule has 0 saturated carbocycles. The van der Waals surface area contributed by atoms with Crippen LogP contribution in [0.4, 0.5) is 5.69 Å². The van der Waals surface area contributed by atoms with Gasteiger partial charge in [-0.05, 0) is 37.1 Å². The van der Waals surface area contributed by atoms with Crippen LogP contribution in [0.25, 0.3) is 10.9 Å². The van der Waals surface area contributed by atoms with Crippen LogP contribution in [0.2, 0.25) is 0 Å². The van der Waals surface area contributed by atoms with Gasteiger partial charge in [0, 0.05) is 24.0 Å². The van der Waals surface area contributed by atoms with E-state index >= 15 is 0 Å². The van der Waals surface area contributed by atoms with Crippen LogP contribution < -0.4 is 4.90 Å². The minimum atomic E-state index is -0.106. The van der Waals surface area contributed by atoms with E-state index < -0.39 is 0 Å². The molecule has 3 heterocycles. The summed E-state index contributed by atoms with van der Waals surface area (Å²) in [6, 6.07) is 16.3. The number of H-pyrrole nitrogens is 1. The Labute approximate surface area is 152 Å². The molecular formula is C22H21N3O. The van der Waals surface area contributed by atoms with Crippen molar-refractivity contribution < 1.29 is 4.79 Å². The van der Waals surface area contributed by atoms with Crippen LogP contribution >= 0.6 is 0 Å². The molecule has 2 aromatic carbocycles. The topological polar surface area (TPSA) is 39.3 Å². The third-order valence-electron chi connectivity index (χ3n) is 5.44. The lowest BCUT2D eigenvalue weighted by atomic mass is 9.95. The molecule has 0 aliphatic carbocycles. The summed E-state index contributed by atoms with van der Waals surface area (Å²) in [7, 11) is 0. The fourth-order valence-electron chi connectivity index (χ4n) is 4.41. The summed E-state index contributed by atoms with van der Waals surface area (Å²) in [5.41, 5.74) is 6.47. The van der Waals surface area contributed by atoms with E-state index in [0.29, 0.717) is 0 Å². The van der Waals surface area contributed by atoms with Crippen LogP contribution in [-0.2, 0) is 6.42 Å². The Balaban J connectivity index is 1.75. The van der Waals surface area contributed by atoms with E-state index in [1.54, 1.807) is 0 Å². The van der Waals surface area contributed by atoms with Crippen molar-refractivity contribution in [3.05, 3.63) is 77.5 Å². The summed E-state index contributed by atoms with van der Waals surface area (Å²) in [4.78, 5) is 21.1. The van der Waals surface area contributed by atoms with Crippen molar-refractivity contribution in [1.82, 2.24) is 9.88 Å². The van der Waals surface area contributed by atoms with Gasteiger partial charge in [-0.1, -0.05) is 42.5 Å². The highest BCUT2D eigenvalue weighted by Crippen LogP contribution is 2.43. The lowest BCUT2D eigenvalue weighted by molar-refractivity contribution is 0.0630. The molecule has 1 atom stereocenters. The first kappa shape index (κ1) is 15.3. The molecular weight excluding hydrogens is 322 g/mol. The zero-order chi connectivity index (χ0) is 17.8. The normalized spacial score (nSPS) is 18.5. The average molecular weight is 343 g/mol. The predicted molar refractivity (Wildman–Crippen MR) is 104 cm³/mol. The van der Waals surface area contributed by atoms with Crippen LogP contribution in [0, 0.1) is 0 Å². The van der Waals surface area contributed by atoms with Gasteiger partial charge in [-0.3, -0.25) is 4.79 Å². The molecule has 3 aromatic rings. The van der Waals surface area contributed by atoms with Gasteiger partial charge in [0.2, 0.25) is 0 Å². The number of para-hydroxylation sites is 2. The Morgan fingerprint density at radius 3 is 2.81 bits per heavy atom. The molecule has 130 valence electrons. The van der Waals surface area contributed by atoms with Gasteiger partial charge in [0.25, 0.3) is 5.91 Å². The number of benzene rings is 2. The number of fused-ring (bicyclic) bond motifs is 6. The summed E-state index contributed by atoms with van der Waals surface area (Å²) in [6.45, 7) is 7.62. The monoisotopic (exact) mass is 343 g/mol. The van der Waals surface area contributed by atoms with Gasteiger partial charge in [-0.25, -0.2) is 0 Å². The second kappa shape index (κ2) is 5.49. The lowest BCUT2D eigenvalue weighted by Gasteiger charge is -2.47. The summed E-state index contributed by atoms with van der Waals surface area (Å²) in [6.07, 6.45) is 0.773. The van der Waals surface area contributed by atoms with Crippen molar-refractivity contribution in [1.29, 1.82) is 0 Å². The first-order valence-electron chi connectivity index (χ1n) is 9.05. The molecule has 4 nitrogen and oxygen atoms in total. The number of hydrogen-bond acceptors (Lipinski definition) is 2. The van der Waals surface area contributed by atoms with Crippen molar-refractivity contribution >= 4 is 22.5 Å². The number of carbonyl (C=O) groups excluding carboxylic acids is 1. The molecule has 26 heavy (non-hydrogen) atoms. The second-order valence-electron chi connectivity index (χ2n) is 7.29. The minimum Gasteiger partial charge on any atom is -0.355 e. The number of carbonyl (C=O) groups is 1. The van der Waals surface area contributed by atoms with Gasteiger partial charge in [-0.2, -0.15) is 0 Å². The first-order valence-corrected chi connectivity index (χ1v) is 9.05. The van der Waals surface area contributed by atoms with E-state index in [9.17, 15) is 4.79 Å². The molecule has 0 saturated heterocycles. The lowest BCUT2D eigenvalue weighted by Crippen LogP contribution is -2.52. The molecule has 0 fully saturated rings. The van der Waals surface area contributed by atoms with Gasteiger partial charge >= 0.3 is 0 Å². The maximum Gasteiger partial charge on any atom is 0.257 e. The molecule has 1 unspecified atom stereocenters. The van der Waals surface area contributed by atoms with Crippen LogP contribution in [-0.4, -0.2) is 28.9 Å². The SMILES string of the molecule is C=C(C)CN1c2ccccc2C(=O)N2CCc3c([nH]c4ccccc34)C21. The largest absolute Gasteiger partial charge is 0.355 e. The summed E-state index contributed by atoms with van der Waals surface area (Å²) >= 11 is 0. The number of nitrogens with zero attached hydrogens (tertiary/aromatic N) is 2. The van der Waals surface area contributed by atoms with Gasteiger partial charge in [0.15, 0.2) is 0 Å².